The van der Waals surface area contributed by atoms with Gasteiger partial charge in [0.15, 0.2) is 11.5 Å². The molecule has 3 nitrogen and oxygen atoms in total. The van der Waals surface area contributed by atoms with E-state index in [1.54, 1.807) is 0 Å². The fourth-order valence-corrected chi connectivity index (χ4v) is 2.67. The number of rotatable bonds is 3. The lowest BCUT2D eigenvalue weighted by Gasteiger charge is -2.26. The van der Waals surface area contributed by atoms with Gasteiger partial charge in [-0.3, -0.25) is 0 Å². The summed E-state index contributed by atoms with van der Waals surface area (Å²) in [6, 6.07) is 2.60. The van der Waals surface area contributed by atoms with Gasteiger partial charge in [-0.2, -0.15) is 13.2 Å². The Morgan fingerprint density at radius 1 is 1.05 bits per heavy atom. The van der Waals surface area contributed by atoms with Gasteiger partial charge < -0.3 is 14.8 Å². The van der Waals surface area contributed by atoms with Crippen LogP contribution < -0.4 is 14.8 Å². The summed E-state index contributed by atoms with van der Waals surface area (Å²) in [4.78, 5) is 0. The van der Waals surface area contributed by atoms with Crippen LogP contribution in [0.2, 0.25) is 0 Å². The number of nitrogens with one attached hydrogen (secondary N) is 1. The van der Waals surface area contributed by atoms with Crippen LogP contribution in [0.1, 0.15) is 29.9 Å². The van der Waals surface area contributed by atoms with E-state index in [0.717, 1.165) is 37.6 Å². The van der Waals surface area contributed by atoms with Crippen LogP contribution in [-0.4, -0.2) is 27.3 Å². The van der Waals surface area contributed by atoms with E-state index < -0.39 is 11.7 Å². The van der Waals surface area contributed by atoms with Gasteiger partial charge in [-0.15, -0.1) is 0 Å². The lowest BCUT2D eigenvalue weighted by atomic mass is 9.88. The molecule has 1 fully saturated rings. The first-order chi connectivity index (χ1) is 9.49. The van der Waals surface area contributed by atoms with Crippen molar-refractivity contribution in [2.24, 2.45) is 0 Å². The molecule has 1 aliphatic rings. The minimum atomic E-state index is -4.45. The molecule has 1 N–H and O–H groups in total. The second kappa shape index (κ2) is 5.91. The van der Waals surface area contributed by atoms with Crippen LogP contribution in [-0.2, 0) is 6.18 Å². The van der Waals surface area contributed by atoms with E-state index >= 15 is 0 Å². The molecule has 1 aromatic carbocycles. The van der Waals surface area contributed by atoms with Crippen LogP contribution >= 0.6 is 0 Å². The zero-order chi connectivity index (χ0) is 14.8. The van der Waals surface area contributed by atoms with Crippen LogP contribution in [0.15, 0.2) is 12.1 Å². The Labute approximate surface area is 116 Å². The first-order valence-electron chi connectivity index (χ1n) is 6.51. The van der Waals surface area contributed by atoms with Crippen molar-refractivity contribution < 1.29 is 22.6 Å². The Kier molecular flexibility index (Phi) is 4.42. The van der Waals surface area contributed by atoms with E-state index in [-0.39, 0.29) is 17.4 Å². The molecule has 0 atom stereocenters. The van der Waals surface area contributed by atoms with Crippen LogP contribution in [0.5, 0.6) is 11.5 Å². The predicted molar refractivity (Wildman–Crippen MR) is 69.4 cm³/mol. The molecule has 1 aromatic rings. The smallest absolute Gasteiger partial charge is 0.420 e. The Morgan fingerprint density at radius 3 is 2.15 bits per heavy atom. The summed E-state index contributed by atoms with van der Waals surface area (Å²) in [5.74, 6) is 0.174. The normalized spacial score (nSPS) is 17.1. The number of alkyl halides is 3. The summed E-state index contributed by atoms with van der Waals surface area (Å²) in [6.07, 6.45) is -2.69. The summed E-state index contributed by atoms with van der Waals surface area (Å²) in [5, 5.41) is 3.23. The van der Waals surface area contributed by atoms with E-state index in [1.807, 2.05) is 0 Å². The highest BCUT2D eigenvalue weighted by atomic mass is 19.4. The van der Waals surface area contributed by atoms with Gasteiger partial charge >= 0.3 is 6.18 Å². The third kappa shape index (κ3) is 2.85. The van der Waals surface area contributed by atoms with Gasteiger partial charge in [0.2, 0.25) is 0 Å². The van der Waals surface area contributed by atoms with Crippen molar-refractivity contribution in [3.63, 3.8) is 0 Å². The van der Waals surface area contributed by atoms with Gasteiger partial charge in [-0.1, -0.05) is 6.07 Å². The fraction of sp³-hybridized carbons (Fsp3) is 0.571. The second-order valence-electron chi connectivity index (χ2n) is 4.79. The third-order valence-electron chi connectivity index (χ3n) is 3.64. The highest BCUT2D eigenvalue weighted by Gasteiger charge is 2.37. The maximum atomic E-state index is 13.0. The van der Waals surface area contributed by atoms with Gasteiger partial charge in [-0.05, 0) is 37.9 Å². The Balaban J connectivity index is 2.48. The molecule has 0 spiro atoms. The first-order valence-corrected chi connectivity index (χ1v) is 6.51. The van der Waals surface area contributed by atoms with Crippen LogP contribution in [0.4, 0.5) is 13.2 Å². The van der Waals surface area contributed by atoms with Crippen LogP contribution in [0.25, 0.3) is 0 Å². The average Bonchev–Trinajstić information content (AvgIpc) is 2.45. The van der Waals surface area contributed by atoms with Gasteiger partial charge in [0, 0.05) is 5.56 Å². The maximum absolute atomic E-state index is 13.0. The number of hydrogen-bond donors (Lipinski definition) is 1. The summed E-state index contributed by atoms with van der Waals surface area (Å²) >= 11 is 0. The molecule has 0 saturated carbocycles. The predicted octanol–water partition coefficient (Wildman–Crippen LogP) is 3.19. The molecule has 0 aliphatic carbocycles. The molecule has 112 valence electrons. The minimum Gasteiger partial charge on any atom is -0.493 e. The van der Waals surface area contributed by atoms with E-state index in [2.05, 4.69) is 5.32 Å². The van der Waals surface area contributed by atoms with Gasteiger partial charge in [0.1, 0.15) is 5.56 Å². The quantitative estimate of drug-likeness (QED) is 0.927. The number of methoxy groups -OCH3 is 2. The van der Waals surface area contributed by atoms with Gasteiger partial charge in [0.05, 0.1) is 14.2 Å². The number of hydrogen-bond acceptors (Lipinski definition) is 3. The van der Waals surface area contributed by atoms with E-state index in [9.17, 15) is 13.2 Å². The van der Waals surface area contributed by atoms with Crippen molar-refractivity contribution in [2.75, 3.05) is 27.3 Å². The van der Waals surface area contributed by atoms with Crippen LogP contribution in [0, 0.1) is 0 Å². The summed E-state index contributed by atoms with van der Waals surface area (Å²) in [5.41, 5.74) is -0.00613. The van der Waals surface area contributed by atoms with Crippen molar-refractivity contribution in [1.82, 2.24) is 5.32 Å². The molecule has 1 heterocycles. The summed E-state index contributed by atoms with van der Waals surface area (Å²) < 4.78 is 49.1. The molecule has 6 heteroatoms. The Hall–Kier alpha value is -1.43. The maximum Gasteiger partial charge on any atom is 0.420 e. The molecule has 1 aliphatic heterocycles. The molecule has 20 heavy (non-hydrogen) atoms. The lowest BCUT2D eigenvalue weighted by molar-refractivity contribution is -0.138. The van der Waals surface area contributed by atoms with Gasteiger partial charge in [0.25, 0.3) is 0 Å². The van der Waals surface area contributed by atoms with Crippen LogP contribution in [0.3, 0.4) is 0 Å². The molecule has 0 unspecified atom stereocenters. The second-order valence-corrected chi connectivity index (χ2v) is 4.79. The zero-order valence-electron chi connectivity index (χ0n) is 11.5. The van der Waals surface area contributed by atoms with E-state index in [4.69, 9.17) is 9.47 Å². The number of halogens is 3. The SMILES string of the molecule is COc1c(C2CCNCC2)ccc(C(F)(F)F)c1OC. The fourth-order valence-electron chi connectivity index (χ4n) is 2.67. The Morgan fingerprint density at radius 2 is 1.65 bits per heavy atom. The average molecular weight is 289 g/mol. The van der Waals surface area contributed by atoms with Gasteiger partial charge in [-0.25, -0.2) is 0 Å². The third-order valence-corrected chi connectivity index (χ3v) is 3.64. The minimum absolute atomic E-state index is 0.197. The molecule has 0 bridgehead atoms. The monoisotopic (exact) mass is 289 g/mol. The van der Waals surface area contributed by atoms with Crippen molar-refractivity contribution in [3.8, 4) is 11.5 Å². The molecule has 0 radical (unpaired) electrons. The highest BCUT2D eigenvalue weighted by molar-refractivity contribution is 5.54. The first kappa shape index (κ1) is 15.0. The summed E-state index contributed by atoms with van der Waals surface area (Å²) in [7, 11) is 2.61. The number of benzene rings is 1. The number of ether oxygens (including phenoxy) is 2. The van der Waals surface area contributed by atoms with Crippen molar-refractivity contribution in [2.45, 2.75) is 24.9 Å². The molecule has 1 saturated heterocycles. The molecule has 0 amide bonds. The van der Waals surface area contributed by atoms with Crippen molar-refractivity contribution >= 4 is 0 Å². The summed E-state index contributed by atoms with van der Waals surface area (Å²) in [6.45, 7) is 1.72. The number of piperidine rings is 1. The zero-order valence-corrected chi connectivity index (χ0v) is 11.5. The van der Waals surface area contributed by atoms with E-state index in [0.29, 0.717) is 0 Å². The van der Waals surface area contributed by atoms with Crippen molar-refractivity contribution in [1.29, 1.82) is 0 Å². The Bertz CT molecular complexity index is 468. The molecular formula is C14H18F3NO2. The molecular weight excluding hydrogens is 271 g/mol. The highest BCUT2D eigenvalue weighted by Crippen LogP contribution is 2.46. The standard InChI is InChI=1S/C14H18F3NO2/c1-19-12-10(9-5-7-18-8-6-9)3-4-11(13(12)20-2)14(15,16)17/h3-4,9,18H,5-8H2,1-2H3. The van der Waals surface area contributed by atoms with E-state index in [1.165, 1.54) is 20.3 Å². The topological polar surface area (TPSA) is 30.5 Å². The largest absolute Gasteiger partial charge is 0.493 e. The molecule has 0 aromatic heterocycles. The van der Waals surface area contributed by atoms with Crippen molar-refractivity contribution in [3.05, 3.63) is 23.3 Å². The lowest BCUT2D eigenvalue weighted by Crippen LogP contribution is -2.27. The molecule has 2 rings (SSSR count).